The van der Waals surface area contributed by atoms with E-state index in [2.05, 4.69) is 4.90 Å². The van der Waals surface area contributed by atoms with Gasteiger partial charge in [-0.1, -0.05) is 30.9 Å². The third-order valence-corrected chi connectivity index (χ3v) is 4.58. The van der Waals surface area contributed by atoms with Gasteiger partial charge in [-0.3, -0.25) is 0 Å². The lowest BCUT2D eigenvalue weighted by atomic mass is 9.68. The van der Waals surface area contributed by atoms with Crippen molar-refractivity contribution in [1.82, 2.24) is 0 Å². The molecule has 1 saturated heterocycles. The van der Waals surface area contributed by atoms with Crippen molar-refractivity contribution in [3.05, 3.63) is 23.2 Å². The molecule has 3 heteroatoms. The summed E-state index contributed by atoms with van der Waals surface area (Å²) in [5, 5.41) is 0.788. The number of rotatable bonds is 1. The molecule has 2 N–H and O–H groups in total. The van der Waals surface area contributed by atoms with Gasteiger partial charge in [0.2, 0.25) is 0 Å². The molecular formula is C14H19ClN2. The van der Waals surface area contributed by atoms with Gasteiger partial charge < -0.3 is 10.6 Å². The summed E-state index contributed by atoms with van der Waals surface area (Å²) in [5.74, 6) is 0. The van der Waals surface area contributed by atoms with Crippen molar-refractivity contribution in [1.29, 1.82) is 0 Å². The Kier molecular flexibility index (Phi) is 2.70. The molecule has 1 heterocycles. The molecule has 1 spiro atoms. The van der Waals surface area contributed by atoms with Gasteiger partial charge in [0, 0.05) is 24.2 Å². The maximum absolute atomic E-state index is 6.24. The van der Waals surface area contributed by atoms with E-state index in [0.29, 0.717) is 5.41 Å². The topological polar surface area (TPSA) is 29.3 Å². The van der Waals surface area contributed by atoms with Crippen molar-refractivity contribution in [2.75, 3.05) is 23.7 Å². The highest BCUT2D eigenvalue weighted by Crippen LogP contribution is 2.46. The van der Waals surface area contributed by atoms with Crippen LogP contribution >= 0.6 is 11.6 Å². The smallest absolute Gasteiger partial charge is 0.0660 e. The molecule has 1 aliphatic heterocycles. The molecule has 0 aromatic heterocycles. The average molecular weight is 251 g/mol. The zero-order chi connectivity index (χ0) is 11.9. The van der Waals surface area contributed by atoms with Crippen molar-refractivity contribution < 1.29 is 0 Å². The van der Waals surface area contributed by atoms with Crippen LogP contribution in [-0.2, 0) is 0 Å². The summed E-state index contributed by atoms with van der Waals surface area (Å²) >= 11 is 6.24. The lowest BCUT2D eigenvalue weighted by Gasteiger charge is -2.53. The predicted molar refractivity (Wildman–Crippen MR) is 73.6 cm³/mol. The summed E-state index contributed by atoms with van der Waals surface area (Å²) in [6.07, 6.45) is 7.03. The fourth-order valence-electron chi connectivity index (χ4n) is 3.33. The van der Waals surface area contributed by atoms with Crippen LogP contribution < -0.4 is 10.6 Å². The van der Waals surface area contributed by atoms with E-state index in [1.165, 1.54) is 45.2 Å². The van der Waals surface area contributed by atoms with Crippen molar-refractivity contribution >= 4 is 23.0 Å². The molecule has 1 aliphatic carbocycles. The standard InChI is InChI=1S/C14H19ClN2/c15-12-8-11(16)4-5-13(12)17-9-14(10-17)6-2-1-3-7-14/h4-5,8H,1-3,6-7,9-10,16H2. The first kappa shape index (κ1) is 11.2. The summed E-state index contributed by atoms with van der Waals surface area (Å²) in [5.41, 5.74) is 8.21. The van der Waals surface area contributed by atoms with Crippen LogP contribution in [0.2, 0.25) is 5.02 Å². The van der Waals surface area contributed by atoms with Crippen molar-refractivity contribution in [3.63, 3.8) is 0 Å². The van der Waals surface area contributed by atoms with Crippen LogP contribution in [0.3, 0.4) is 0 Å². The van der Waals surface area contributed by atoms with Gasteiger partial charge in [0.1, 0.15) is 0 Å². The second-order valence-corrected chi connectivity index (χ2v) is 6.03. The average Bonchev–Trinajstić information content (AvgIpc) is 2.27. The SMILES string of the molecule is Nc1ccc(N2CC3(CCCCC3)C2)c(Cl)c1. The van der Waals surface area contributed by atoms with E-state index in [1.807, 2.05) is 18.2 Å². The molecule has 92 valence electrons. The highest BCUT2D eigenvalue weighted by Gasteiger charge is 2.43. The van der Waals surface area contributed by atoms with Crippen LogP contribution in [0.25, 0.3) is 0 Å². The Labute approximate surface area is 108 Å². The van der Waals surface area contributed by atoms with Gasteiger partial charge in [-0.2, -0.15) is 0 Å². The molecule has 0 radical (unpaired) electrons. The van der Waals surface area contributed by atoms with Crippen LogP contribution in [0.4, 0.5) is 11.4 Å². The number of halogens is 1. The predicted octanol–water partition coefficient (Wildman–Crippen LogP) is 3.69. The second kappa shape index (κ2) is 4.09. The van der Waals surface area contributed by atoms with Crippen LogP contribution in [0.15, 0.2) is 18.2 Å². The van der Waals surface area contributed by atoms with Gasteiger partial charge in [-0.05, 0) is 31.0 Å². The highest BCUT2D eigenvalue weighted by molar-refractivity contribution is 6.33. The molecule has 3 rings (SSSR count). The summed E-state index contributed by atoms with van der Waals surface area (Å²) < 4.78 is 0. The van der Waals surface area contributed by atoms with E-state index in [-0.39, 0.29) is 0 Å². The molecule has 0 bridgehead atoms. The van der Waals surface area contributed by atoms with Crippen molar-refractivity contribution in [2.24, 2.45) is 5.41 Å². The van der Waals surface area contributed by atoms with E-state index in [4.69, 9.17) is 17.3 Å². The first-order valence-electron chi connectivity index (χ1n) is 6.49. The Balaban J connectivity index is 1.72. The molecule has 0 amide bonds. The van der Waals surface area contributed by atoms with Crippen LogP contribution in [0, 0.1) is 5.41 Å². The number of nitrogens with two attached hydrogens (primary N) is 1. The zero-order valence-electron chi connectivity index (χ0n) is 10.1. The quantitative estimate of drug-likeness (QED) is 0.771. The maximum atomic E-state index is 6.24. The molecule has 1 saturated carbocycles. The normalized spacial score (nSPS) is 22.5. The van der Waals surface area contributed by atoms with Crippen LogP contribution in [-0.4, -0.2) is 13.1 Å². The minimum atomic E-state index is 0.600. The Hall–Kier alpha value is -0.890. The second-order valence-electron chi connectivity index (χ2n) is 5.63. The van der Waals surface area contributed by atoms with Gasteiger partial charge in [-0.15, -0.1) is 0 Å². The Morgan fingerprint density at radius 3 is 2.47 bits per heavy atom. The third-order valence-electron chi connectivity index (χ3n) is 4.28. The molecule has 1 aromatic carbocycles. The molecule has 2 fully saturated rings. The lowest BCUT2D eigenvalue weighted by Crippen LogP contribution is -2.57. The van der Waals surface area contributed by atoms with Gasteiger partial charge in [0.15, 0.2) is 0 Å². The largest absolute Gasteiger partial charge is 0.399 e. The molecule has 2 nitrogen and oxygen atoms in total. The minimum Gasteiger partial charge on any atom is -0.399 e. The summed E-state index contributed by atoms with van der Waals surface area (Å²) in [6.45, 7) is 2.35. The van der Waals surface area contributed by atoms with Gasteiger partial charge >= 0.3 is 0 Å². The van der Waals surface area contributed by atoms with E-state index in [1.54, 1.807) is 0 Å². The van der Waals surface area contributed by atoms with E-state index in [0.717, 1.165) is 16.4 Å². The Morgan fingerprint density at radius 2 is 1.82 bits per heavy atom. The Bertz CT molecular complexity index is 416. The maximum Gasteiger partial charge on any atom is 0.0660 e. The first-order chi connectivity index (χ1) is 8.19. The van der Waals surface area contributed by atoms with E-state index < -0.39 is 0 Å². The van der Waals surface area contributed by atoms with E-state index >= 15 is 0 Å². The number of benzene rings is 1. The molecule has 2 aliphatic rings. The fourth-order valence-corrected chi connectivity index (χ4v) is 3.64. The molecule has 0 atom stereocenters. The fraction of sp³-hybridized carbons (Fsp3) is 0.571. The summed E-state index contributed by atoms with van der Waals surface area (Å²) in [4.78, 5) is 2.40. The van der Waals surface area contributed by atoms with Crippen molar-refractivity contribution in [2.45, 2.75) is 32.1 Å². The number of nitrogen functional groups attached to an aromatic ring is 1. The number of anilines is 2. The number of hydrogen-bond donors (Lipinski definition) is 1. The minimum absolute atomic E-state index is 0.600. The number of hydrogen-bond acceptors (Lipinski definition) is 2. The molecule has 17 heavy (non-hydrogen) atoms. The third kappa shape index (κ3) is 1.99. The van der Waals surface area contributed by atoms with Crippen LogP contribution in [0.5, 0.6) is 0 Å². The van der Waals surface area contributed by atoms with Crippen LogP contribution in [0.1, 0.15) is 32.1 Å². The summed E-state index contributed by atoms with van der Waals surface area (Å²) in [7, 11) is 0. The lowest BCUT2D eigenvalue weighted by molar-refractivity contribution is 0.139. The van der Waals surface area contributed by atoms with Crippen molar-refractivity contribution in [3.8, 4) is 0 Å². The molecule has 1 aromatic rings. The number of nitrogens with zero attached hydrogens (tertiary/aromatic N) is 1. The zero-order valence-corrected chi connectivity index (χ0v) is 10.8. The monoisotopic (exact) mass is 250 g/mol. The van der Waals surface area contributed by atoms with Gasteiger partial charge in [-0.25, -0.2) is 0 Å². The highest BCUT2D eigenvalue weighted by atomic mass is 35.5. The van der Waals surface area contributed by atoms with E-state index in [9.17, 15) is 0 Å². The molecule has 0 unspecified atom stereocenters. The van der Waals surface area contributed by atoms with Gasteiger partial charge in [0.25, 0.3) is 0 Å². The van der Waals surface area contributed by atoms with Gasteiger partial charge in [0.05, 0.1) is 10.7 Å². The first-order valence-corrected chi connectivity index (χ1v) is 6.86. The Morgan fingerprint density at radius 1 is 1.12 bits per heavy atom. The molecular weight excluding hydrogens is 232 g/mol. The summed E-state index contributed by atoms with van der Waals surface area (Å²) in [6, 6.07) is 5.84.